The van der Waals surface area contributed by atoms with Crippen LogP contribution in [0, 0.1) is 27.7 Å². The number of benzene rings is 5. The van der Waals surface area contributed by atoms with Crippen LogP contribution in [0.15, 0.2) is 114 Å². The maximum atomic E-state index is 12.1. The van der Waals surface area contributed by atoms with Gasteiger partial charge < -0.3 is 14.6 Å². The Morgan fingerprint density at radius 1 is 0.869 bits per heavy atom. The monoisotopic (exact) mass is 914 g/mol. The van der Waals surface area contributed by atoms with Gasteiger partial charge in [0, 0.05) is 39.5 Å². The lowest BCUT2D eigenvalue weighted by Gasteiger charge is -2.20. The second kappa shape index (κ2) is 19.5. The number of ether oxygens (including phenoxy) is 2. The fraction of sp³-hybridized carbons (Fsp3) is 0.240. The standard InChI is InChI=1S/C31H27BrO3S.C19H20N2O3S/c1-17-14-22(15-18(2)29(17)35-25(31(33)34)16-21-10-6-5-7-11-21)27-23-12-8-9-13-24(23)28(32)30-26(27)19(3)20(4)36-30;1-2-13-3-6-15(20-12-13)9-10-24-16-7-4-14(5-8-16)11-17-18(22)21-19(23)25-17/h5-15,25H,16H2,1-4H3,(H,33,34);3-8,12,17H,2,9-11H2,1H3,(H,21,22,23)/t25-;/m1./s1. The van der Waals surface area contributed by atoms with E-state index in [1.165, 1.54) is 42.4 Å². The molecule has 8 nitrogen and oxygen atoms in total. The third kappa shape index (κ3) is 10.2. The second-order valence-corrected chi connectivity index (χ2v) is 18.3. The molecule has 1 unspecified atom stereocenters. The van der Waals surface area contributed by atoms with Crippen molar-refractivity contribution in [2.45, 2.75) is 71.7 Å². The van der Waals surface area contributed by atoms with Gasteiger partial charge in [-0.25, -0.2) is 4.79 Å². The molecule has 2 amide bonds. The predicted octanol–water partition coefficient (Wildman–Crippen LogP) is 12.0. The molecule has 0 bridgehead atoms. The second-order valence-electron chi connectivity index (χ2n) is 15.1. The van der Waals surface area contributed by atoms with E-state index in [1.54, 1.807) is 0 Å². The zero-order chi connectivity index (χ0) is 43.2. The number of nitrogens with one attached hydrogen (secondary N) is 1. The number of pyridine rings is 1. The van der Waals surface area contributed by atoms with Gasteiger partial charge >= 0.3 is 5.97 Å². The van der Waals surface area contributed by atoms with Crippen molar-refractivity contribution >= 4 is 77.0 Å². The summed E-state index contributed by atoms with van der Waals surface area (Å²) in [5, 5.41) is 15.2. The summed E-state index contributed by atoms with van der Waals surface area (Å²) in [7, 11) is 0. The predicted molar refractivity (Wildman–Crippen MR) is 251 cm³/mol. The number of fused-ring (bicyclic) bond motifs is 2. The minimum Gasteiger partial charge on any atom is -0.493 e. The summed E-state index contributed by atoms with van der Waals surface area (Å²) in [6, 6.07) is 34.1. The molecule has 5 aromatic carbocycles. The largest absolute Gasteiger partial charge is 0.493 e. The first-order valence-corrected chi connectivity index (χ1v) is 22.7. The van der Waals surface area contributed by atoms with Crippen LogP contribution in [0.3, 0.4) is 0 Å². The number of carbonyl (C=O) groups is 3. The van der Waals surface area contributed by atoms with E-state index in [0.717, 1.165) is 68.3 Å². The van der Waals surface area contributed by atoms with Crippen molar-refractivity contribution in [3.8, 4) is 22.6 Å². The number of imide groups is 1. The molecule has 1 aliphatic rings. The Bertz CT molecular complexity index is 2690. The summed E-state index contributed by atoms with van der Waals surface area (Å²) >= 11 is 6.75. The molecule has 0 radical (unpaired) electrons. The topological polar surface area (TPSA) is 115 Å². The van der Waals surface area contributed by atoms with Gasteiger partial charge in [-0.1, -0.05) is 91.5 Å². The number of amides is 2. The molecule has 1 aliphatic heterocycles. The van der Waals surface area contributed by atoms with Gasteiger partial charge in [-0.05, 0) is 142 Å². The summed E-state index contributed by atoms with van der Waals surface area (Å²) in [6.45, 7) is 11.0. The zero-order valence-electron chi connectivity index (χ0n) is 34.7. The molecule has 1 fully saturated rings. The minimum absolute atomic E-state index is 0.211. The molecule has 1 saturated heterocycles. The summed E-state index contributed by atoms with van der Waals surface area (Å²) in [5.41, 5.74) is 9.66. The highest BCUT2D eigenvalue weighted by Crippen LogP contribution is 2.48. The molecule has 0 aliphatic carbocycles. The molecule has 2 atom stereocenters. The molecule has 0 spiro atoms. The SMILES string of the molecule is CCc1ccc(CCOc2ccc(CC3SC(=O)NC3=O)cc2)nc1.Cc1cc(-c2c3ccccc3c(Br)c3sc(C)c(C)c23)cc(C)c1O[C@H](Cc1ccccc1)C(=O)O. The van der Waals surface area contributed by atoms with Crippen LogP contribution in [-0.2, 0) is 35.3 Å². The number of aliphatic carboxylic acids is 1. The molecule has 8 rings (SSSR count). The number of carboxylic acids is 1. The Labute approximate surface area is 372 Å². The highest BCUT2D eigenvalue weighted by atomic mass is 79.9. The van der Waals surface area contributed by atoms with Gasteiger partial charge in [-0.15, -0.1) is 11.3 Å². The minimum atomic E-state index is -0.966. The number of thioether (sulfide) groups is 1. The summed E-state index contributed by atoms with van der Waals surface area (Å²) in [4.78, 5) is 40.6. The van der Waals surface area contributed by atoms with Crippen LogP contribution >= 0.6 is 39.0 Å². The number of rotatable bonds is 13. The third-order valence-corrected chi connectivity index (χ3v) is 14.1. The summed E-state index contributed by atoms with van der Waals surface area (Å²) in [6.07, 6.45) is 3.54. The Morgan fingerprint density at radius 3 is 2.16 bits per heavy atom. The maximum absolute atomic E-state index is 12.1. The Morgan fingerprint density at radius 2 is 1.54 bits per heavy atom. The molecule has 11 heteroatoms. The molecule has 3 heterocycles. The van der Waals surface area contributed by atoms with E-state index >= 15 is 0 Å². The van der Waals surface area contributed by atoms with Crippen LogP contribution in [0.5, 0.6) is 11.5 Å². The number of thiophene rings is 1. The van der Waals surface area contributed by atoms with E-state index in [0.29, 0.717) is 25.2 Å². The Hall–Kier alpha value is -5.49. The van der Waals surface area contributed by atoms with E-state index < -0.39 is 12.1 Å². The highest BCUT2D eigenvalue weighted by Gasteiger charge is 2.31. The average Bonchev–Trinajstić information content (AvgIpc) is 3.74. The fourth-order valence-corrected chi connectivity index (χ4v) is 10.3. The van der Waals surface area contributed by atoms with Gasteiger partial charge in [0.05, 0.1) is 16.6 Å². The van der Waals surface area contributed by atoms with Gasteiger partial charge in [0.15, 0.2) is 6.10 Å². The third-order valence-electron chi connectivity index (χ3n) is 10.8. The number of carbonyl (C=O) groups excluding carboxylic acids is 2. The van der Waals surface area contributed by atoms with E-state index in [9.17, 15) is 19.5 Å². The van der Waals surface area contributed by atoms with Crippen molar-refractivity contribution in [3.05, 3.63) is 158 Å². The van der Waals surface area contributed by atoms with Crippen molar-refractivity contribution in [3.63, 3.8) is 0 Å². The van der Waals surface area contributed by atoms with Gasteiger partial charge in [0.1, 0.15) is 11.5 Å². The van der Waals surface area contributed by atoms with Crippen LogP contribution in [0.4, 0.5) is 4.79 Å². The summed E-state index contributed by atoms with van der Waals surface area (Å²) < 4.78 is 14.3. The van der Waals surface area contributed by atoms with Crippen LogP contribution in [0.1, 0.15) is 50.9 Å². The molecule has 312 valence electrons. The van der Waals surface area contributed by atoms with Crippen LogP contribution < -0.4 is 14.8 Å². The number of nitrogens with zero attached hydrogens (tertiary/aromatic N) is 1. The summed E-state index contributed by atoms with van der Waals surface area (Å²) in [5.74, 6) is 0.245. The first-order valence-electron chi connectivity index (χ1n) is 20.2. The number of halogens is 1. The first kappa shape index (κ1) is 43.6. The Kier molecular flexibility index (Phi) is 13.9. The molecule has 61 heavy (non-hydrogen) atoms. The molecule has 0 saturated carbocycles. The number of hydrogen-bond acceptors (Lipinski definition) is 8. The van der Waals surface area contributed by atoms with E-state index in [1.807, 2.05) is 92.0 Å². The van der Waals surface area contributed by atoms with Crippen molar-refractivity contribution < 1.29 is 29.0 Å². The van der Waals surface area contributed by atoms with E-state index in [-0.39, 0.29) is 16.4 Å². The van der Waals surface area contributed by atoms with Gasteiger partial charge in [-0.2, -0.15) is 0 Å². The smallest absolute Gasteiger partial charge is 0.345 e. The van der Waals surface area contributed by atoms with E-state index in [4.69, 9.17) is 9.47 Å². The van der Waals surface area contributed by atoms with Gasteiger partial charge in [0.25, 0.3) is 5.24 Å². The van der Waals surface area contributed by atoms with Crippen molar-refractivity contribution in [1.82, 2.24) is 10.3 Å². The maximum Gasteiger partial charge on any atom is 0.345 e. The molecule has 2 N–H and O–H groups in total. The van der Waals surface area contributed by atoms with Crippen LogP contribution in [0.25, 0.3) is 32.0 Å². The number of carboxylic acid groups (broad SMARTS) is 1. The number of aromatic nitrogens is 1. The van der Waals surface area contributed by atoms with Gasteiger partial charge in [0.2, 0.25) is 5.91 Å². The number of hydrogen-bond donors (Lipinski definition) is 2. The van der Waals surface area contributed by atoms with Crippen molar-refractivity contribution in [2.75, 3.05) is 6.61 Å². The zero-order valence-corrected chi connectivity index (χ0v) is 37.9. The molecule has 7 aromatic rings. The molecular weight excluding hydrogens is 869 g/mol. The highest BCUT2D eigenvalue weighted by molar-refractivity contribution is 9.11. The lowest BCUT2D eigenvalue weighted by molar-refractivity contribution is -0.145. The first-order chi connectivity index (χ1) is 29.4. The quantitative estimate of drug-likeness (QED) is 0.118. The molecule has 2 aromatic heterocycles. The lowest BCUT2D eigenvalue weighted by atomic mass is 9.91. The molecular formula is C50H47BrN2O6S2. The normalized spacial score (nSPS) is 14.1. The average molecular weight is 916 g/mol. The van der Waals surface area contributed by atoms with Crippen molar-refractivity contribution in [1.29, 1.82) is 0 Å². The van der Waals surface area contributed by atoms with Crippen molar-refractivity contribution in [2.24, 2.45) is 0 Å². The van der Waals surface area contributed by atoms with Gasteiger partial charge in [-0.3, -0.25) is 19.9 Å². The number of aryl methyl sites for hydroxylation is 5. The fourth-order valence-electron chi connectivity index (χ4n) is 7.51. The van der Waals surface area contributed by atoms with Crippen LogP contribution in [0.2, 0.25) is 0 Å². The lowest BCUT2D eigenvalue weighted by Crippen LogP contribution is -2.30. The Balaban J connectivity index is 0.000000197. The van der Waals surface area contributed by atoms with E-state index in [2.05, 4.69) is 89.5 Å². The van der Waals surface area contributed by atoms with Crippen LogP contribution in [-0.4, -0.2) is 45.2 Å².